The normalized spacial score (nSPS) is 9.45. The lowest BCUT2D eigenvalue weighted by Crippen LogP contribution is -2.00. The van der Waals surface area contributed by atoms with Crippen molar-refractivity contribution in [1.29, 1.82) is 0 Å². The van der Waals surface area contributed by atoms with Gasteiger partial charge < -0.3 is 9.52 Å². The van der Waals surface area contributed by atoms with Gasteiger partial charge in [-0.1, -0.05) is 0 Å². The molecule has 1 N–H and O–H groups in total. The molecule has 0 atom stereocenters. The highest BCUT2D eigenvalue weighted by atomic mass is 16.4. The van der Waals surface area contributed by atoms with Gasteiger partial charge in [-0.25, -0.2) is 4.98 Å². The van der Waals surface area contributed by atoms with Crippen LogP contribution in [-0.2, 0) is 11.2 Å². The summed E-state index contributed by atoms with van der Waals surface area (Å²) in [6.45, 7) is 0. The molecule has 0 amide bonds. The van der Waals surface area contributed by atoms with Gasteiger partial charge in [0.2, 0.25) is 6.29 Å². The maximum atomic E-state index is 10.1. The summed E-state index contributed by atoms with van der Waals surface area (Å²) in [4.78, 5) is 23.7. The number of hydrogen-bond donors (Lipinski definition) is 1. The first-order chi connectivity index (χ1) is 5.22. The number of aliphatic carboxylic acids is 1. The number of carbonyl (C=O) groups is 2. The Hall–Kier alpha value is -1.65. The van der Waals surface area contributed by atoms with E-state index in [0.717, 1.165) is 6.26 Å². The fraction of sp³-hybridized carbons (Fsp3) is 0.167. The minimum Gasteiger partial charge on any atom is -0.481 e. The molecule has 0 spiro atoms. The van der Waals surface area contributed by atoms with Gasteiger partial charge in [0.15, 0.2) is 0 Å². The summed E-state index contributed by atoms with van der Waals surface area (Å²) in [5.74, 6) is -1.10. The van der Waals surface area contributed by atoms with Crippen molar-refractivity contribution in [2.45, 2.75) is 6.42 Å². The molecule has 11 heavy (non-hydrogen) atoms. The highest BCUT2D eigenvalue weighted by Crippen LogP contribution is 1.99. The van der Waals surface area contributed by atoms with Crippen LogP contribution >= 0.6 is 0 Å². The van der Waals surface area contributed by atoms with Gasteiger partial charge in [-0.05, 0) is 0 Å². The molecule has 0 fully saturated rings. The molecule has 0 aliphatic carbocycles. The van der Waals surface area contributed by atoms with Crippen LogP contribution in [0, 0.1) is 0 Å². The number of rotatable bonds is 3. The SMILES string of the molecule is O=Cc1nc(CC(=O)O)co1. The first kappa shape index (κ1) is 7.46. The number of nitrogens with zero attached hydrogens (tertiary/aromatic N) is 1. The first-order valence-corrected chi connectivity index (χ1v) is 2.83. The molecule has 0 aliphatic rings. The molecule has 5 heteroatoms. The molecule has 0 unspecified atom stereocenters. The molecule has 0 aromatic carbocycles. The Morgan fingerprint density at radius 3 is 3.00 bits per heavy atom. The van der Waals surface area contributed by atoms with Gasteiger partial charge in [0.25, 0.3) is 5.89 Å². The Morgan fingerprint density at radius 2 is 2.55 bits per heavy atom. The standard InChI is InChI=1S/C6H5NO4/c8-2-5-7-4(3-11-5)1-6(9)10/h2-3H,1H2,(H,9,10). The van der Waals surface area contributed by atoms with Gasteiger partial charge in [-0.2, -0.15) is 0 Å². The molecular formula is C6H5NO4. The minimum absolute atomic E-state index is 0.0961. The number of hydrogen-bond acceptors (Lipinski definition) is 4. The van der Waals surface area contributed by atoms with E-state index in [1.807, 2.05) is 0 Å². The molecule has 1 aromatic heterocycles. The molecule has 0 saturated carbocycles. The van der Waals surface area contributed by atoms with Crippen molar-refractivity contribution in [2.75, 3.05) is 0 Å². The van der Waals surface area contributed by atoms with E-state index in [-0.39, 0.29) is 18.0 Å². The predicted molar refractivity (Wildman–Crippen MR) is 33.2 cm³/mol. The fourth-order valence-electron chi connectivity index (χ4n) is 0.613. The number of carboxylic acid groups (broad SMARTS) is 1. The molecular weight excluding hydrogens is 150 g/mol. The first-order valence-electron chi connectivity index (χ1n) is 2.83. The summed E-state index contributed by atoms with van der Waals surface area (Å²) in [6.07, 6.45) is 1.35. The van der Waals surface area contributed by atoms with Crippen LogP contribution in [0.1, 0.15) is 16.4 Å². The second-order valence-electron chi connectivity index (χ2n) is 1.87. The summed E-state index contributed by atoms with van der Waals surface area (Å²) in [7, 11) is 0. The largest absolute Gasteiger partial charge is 0.481 e. The second kappa shape index (κ2) is 2.96. The van der Waals surface area contributed by atoms with Gasteiger partial charge in [0, 0.05) is 0 Å². The van der Waals surface area contributed by atoms with Crippen molar-refractivity contribution in [1.82, 2.24) is 4.98 Å². The number of aldehydes is 1. The fourth-order valence-corrected chi connectivity index (χ4v) is 0.613. The maximum Gasteiger partial charge on any atom is 0.309 e. The van der Waals surface area contributed by atoms with Crippen molar-refractivity contribution in [3.05, 3.63) is 17.8 Å². The second-order valence-corrected chi connectivity index (χ2v) is 1.87. The predicted octanol–water partition coefficient (Wildman–Crippen LogP) is 0.114. The Kier molecular flexibility index (Phi) is 2.00. The zero-order valence-electron chi connectivity index (χ0n) is 5.48. The van der Waals surface area contributed by atoms with Crippen LogP contribution in [0.4, 0.5) is 0 Å². The highest BCUT2D eigenvalue weighted by Gasteiger charge is 2.05. The third-order valence-electron chi connectivity index (χ3n) is 1.00. The minimum atomic E-state index is -1.00. The number of carboxylic acids is 1. The van der Waals surface area contributed by atoms with E-state index in [1.165, 1.54) is 0 Å². The summed E-state index contributed by atoms with van der Waals surface area (Å²) in [5, 5.41) is 8.28. The third-order valence-corrected chi connectivity index (χ3v) is 1.00. The quantitative estimate of drug-likeness (QED) is 0.626. The van der Waals surface area contributed by atoms with E-state index in [1.54, 1.807) is 0 Å². The van der Waals surface area contributed by atoms with Crippen LogP contribution in [0.5, 0.6) is 0 Å². The van der Waals surface area contributed by atoms with Gasteiger partial charge >= 0.3 is 5.97 Å². The number of oxazole rings is 1. The topological polar surface area (TPSA) is 80.4 Å². The number of carbonyl (C=O) groups excluding carboxylic acids is 1. The molecule has 1 aromatic rings. The lowest BCUT2D eigenvalue weighted by molar-refractivity contribution is -0.136. The molecule has 0 bridgehead atoms. The summed E-state index contributed by atoms with van der Waals surface area (Å²) in [5.41, 5.74) is 0.250. The number of aromatic nitrogens is 1. The molecule has 1 heterocycles. The molecule has 5 nitrogen and oxygen atoms in total. The Morgan fingerprint density at radius 1 is 1.82 bits per heavy atom. The monoisotopic (exact) mass is 155 g/mol. The smallest absolute Gasteiger partial charge is 0.309 e. The molecule has 0 aliphatic heterocycles. The molecule has 1 rings (SSSR count). The lowest BCUT2D eigenvalue weighted by atomic mass is 10.3. The van der Waals surface area contributed by atoms with Crippen LogP contribution in [-0.4, -0.2) is 22.3 Å². The van der Waals surface area contributed by atoms with Gasteiger partial charge in [-0.3, -0.25) is 9.59 Å². The van der Waals surface area contributed by atoms with Crippen molar-refractivity contribution in [3.8, 4) is 0 Å². The van der Waals surface area contributed by atoms with Gasteiger partial charge in [0.05, 0.1) is 12.1 Å². The van der Waals surface area contributed by atoms with Crippen LogP contribution < -0.4 is 0 Å². The van der Waals surface area contributed by atoms with E-state index < -0.39 is 5.97 Å². The third kappa shape index (κ3) is 1.89. The van der Waals surface area contributed by atoms with Crippen molar-refractivity contribution >= 4 is 12.3 Å². The Labute approximate surface area is 61.7 Å². The Bertz CT molecular complexity index is 278. The lowest BCUT2D eigenvalue weighted by Gasteiger charge is -1.83. The maximum absolute atomic E-state index is 10.1. The van der Waals surface area contributed by atoms with Crippen molar-refractivity contribution in [2.24, 2.45) is 0 Å². The molecule has 0 saturated heterocycles. The van der Waals surface area contributed by atoms with Gasteiger partial charge in [0.1, 0.15) is 6.26 Å². The average Bonchev–Trinajstić information content (AvgIpc) is 2.34. The molecule has 0 radical (unpaired) electrons. The van der Waals surface area contributed by atoms with Crippen LogP contribution in [0.3, 0.4) is 0 Å². The highest BCUT2D eigenvalue weighted by molar-refractivity contribution is 5.71. The van der Waals surface area contributed by atoms with E-state index in [9.17, 15) is 9.59 Å². The van der Waals surface area contributed by atoms with E-state index in [4.69, 9.17) is 5.11 Å². The summed E-state index contributed by atoms with van der Waals surface area (Å²) < 4.78 is 4.57. The van der Waals surface area contributed by atoms with Crippen LogP contribution in [0.25, 0.3) is 0 Å². The van der Waals surface area contributed by atoms with E-state index >= 15 is 0 Å². The summed E-state index contributed by atoms with van der Waals surface area (Å²) in [6, 6.07) is 0. The zero-order chi connectivity index (χ0) is 8.27. The Balaban J connectivity index is 2.72. The molecule has 58 valence electrons. The van der Waals surface area contributed by atoms with Crippen molar-refractivity contribution in [3.63, 3.8) is 0 Å². The summed E-state index contributed by atoms with van der Waals surface area (Å²) >= 11 is 0. The van der Waals surface area contributed by atoms with Crippen LogP contribution in [0.15, 0.2) is 10.7 Å². The zero-order valence-corrected chi connectivity index (χ0v) is 5.48. The van der Waals surface area contributed by atoms with E-state index in [2.05, 4.69) is 9.40 Å². The van der Waals surface area contributed by atoms with Crippen molar-refractivity contribution < 1.29 is 19.1 Å². The average molecular weight is 155 g/mol. The van der Waals surface area contributed by atoms with Gasteiger partial charge in [-0.15, -0.1) is 0 Å². The van der Waals surface area contributed by atoms with Crippen LogP contribution in [0.2, 0.25) is 0 Å². The van der Waals surface area contributed by atoms with E-state index in [0.29, 0.717) is 6.29 Å².